The van der Waals surface area contributed by atoms with Crippen LogP contribution in [0.15, 0.2) is 41.8 Å². The van der Waals surface area contributed by atoms with Crippen molar-refractivity contribution in [3.8, 4) is 0 Å². The first-order valence-electron chi connectivity index (χ1n) is 5.48. The van der Waals surface area contributed by atoms with Gasteiger partial charge in [-0.2, -0.15) is 5.10 Å². The Morgan fingerprint density at radius 2 is 2.22 bits per heavy atom. The van der Waals surface area contributed by atoms with Crippen molar-refractivity contribution < 1.29 is 4.79 Å². The summed E-state index contributed by atoms with van der Waals surface area (Å²) in [6.07, 6.45) is 3.13. The van der Waals surface area contributed by atoms with Gasteiger partial charge in [0.1, 0.15) is 0 Å². The van der Waals surface area contributed by atoms with E-state index in [2.05, 4.69) is 15.5 Å². The number of thiophene rings is 1. The number of hydrazone groups is 1. The SMILES string of the molecule is CC(=NNC(=O)c1cccnc1)c1ccc(C)s1. The number of aromatic nitrogens is 1. The Hall–Kier alpha value is -2.01. The van der Waals surface area contributed by atoms with Crippen LogP contribution in [0.1, 0.15) is 27.0 Å². The average Bonchev–Trinajstić information content (AvgIpc) is 2.83. The third-order valence-electron chi connectivity index (χ3n) is 2.35. The minimum Gasteiger partial charge on any atom is -0.267 e. The topological polar surface area (TPSA) is 54.4 Å². The first-order valence-corrected chi connectivity index (χ1v) is 6.30. The third kappa shape index (κ3) is 3.01. The van der Waals surface area contributed by atoms with Crippen molar-refractivity contribution in [2.45, 2.75) is 13.8 Å². The van der Waals surface area contributed by atoms with Crippen LogP contribution < -0.4 is 5.43 Å². The Labute approximate surface area is 109 Å². The number of hydrogen-bond donors (Lipinski definition) is 1. The molecule has 18 heavy (non-hydrogen) atoms. The van der Waals surface area contributed by atoms with Crippen LogP contribution in [-0.2, 0) is 0 Å². The first kappa shape index (κ1) is 12.4. The molecule has 0 aliphatic carbocycles. The molecule has 2 rings (SSSR count). The molecule has 0 unspecified atom stereocenters. The number of aryl methyl sites for hydroxylation is 1. The molecule has 92 valence electrons. The molecule has 2 heterocycles. The summed E-state index contributed by atoms with van der Waals surface area (Å²) in [5.74, 6) is -0.254. The van der Waals surface area contributed by atoms with Gasteiger partial charge in [0.25, 0.3) is 5.91 Å². The lowest BCUT2D eigenvalue weighted by atomic mass is 10.3. The zero-order chi connectivity index (χ0) is 13.0. The number of hydrogen-bond acceptors (Lipinski definition) is 4. The maximum atomic E-state index is 11.7. The molecule has 0 radical (unpaired) electrons. The Kier molecular flexibility index (Phi) is 3.84. The van der Waals surface area contributed by atoms with Crippen molar-refractivity contribution in [2.75, 3.05) is 0 Å². The van der Waals surface area contributed by atoms with Crippen molar-refractivity contribution in [3.05, 3.63) is 52.0 Å². The highest BCUT2D eigenvalue weighted by Gasteiger charge is 2.05. The van der Waals surface area contributed by atoms with Crippen molar-refractivity contribution in [2.24, 2.45) is 5.10 Å². The molecule has 0 fully saturated rings. The molecule has 0 aliphatic heterocycles. The van der Waals surface area contributed by atoms with Gasteiger partial charge in [0, 0.05) is 17.3 Å². The van der Waals surface area contributed by atoms with Crippen LogP contribution in [0.2, 0.25) is 0 Å². The predicted molar refractivity (Wildman–Crippen MR) is 73.0 cm³/mol. The number of amides is 1. The van der Waals surface area contributed by atoms with Crippen molar-refractivity contribution in [1.82, 2.24) is 10.4 Å². The van der Waals surface area contributed by atoms with Crippen molar-refractivity contribution >= 4 is 23.0 Å². The molecule has 0 atom stereocenters. The average molecular weight is 259 g/mol. The number of pyridine rings is 1. The molecule has 5 heteroatoms. The van der Waals surface area contributed by atoms with E-state index in [1.807, 2.05) is 26.0 Å². The third-order valence-corrected chi connectivity index (χ3v) is 3.46. The van der Waals surface area contributed by atoms with Crippen LogP contribution in [0.25, 0.3) is 0 Å². The minimum atomic E-state index is -0.254. The van der Waals surface area contributed by atoms with Crippen LogP contribution in [-0.4, -0.2) is 16.6 Å². The van der Waals surface area contributed by atoms with Crippen molar-refractivity contribution in [3.63, 3.8) is 0 Å². The molecule has 0 saturated carbocycles. The standard InChI is InChI=1S/C13H13N3OS/c1-9-5-6-12(18-9)10(2)15-16-13(17)11-4-3-7-14-8-11/h3-8H,1-2H3,(H,16,17). The molecular weight excluding hydrogens is 246 g/mol. The molecule has 0 bridgehead atoms. The predicted octanol–water partition coefficient (Wildman–Crippen LogP) is 2.61. The highest BCUT2D eigenvalue weighted by atomic mass is 32.1. The van der Waals surface area contributed by atoms with Gasteiger partial charge in [0.05, 0.1) is 16.2 Å². The molecular formula is C13H13N3OS. The number of carbonyl (C=O) groups excluding carboxylic acids is 1. The summed E-state index contributed by atoms with van der Waals surface area (Å²) in [4.78, 5) is 17.9. The smallest absolute Gasteiger partial charge is 0.267 e. The summed E-state index contributed by atoms with van der Waals surface area (Å²) in [6.45, 7) is 3.91. The number of carbonyl (C=O) groups is 1. The number of nitrogens with zero attached hydrogens (tertiary/aromatic N) is 2. The van der Waals surface area contributed by atoms with Gasteiger partial charge >= 0.3 is 0 Å². The second-order valence-electron chi connectivity index (χ2n) is 3.79. The van der Waals surface area contributed by atoms with E-state index >= 15 is 0 Å². The maximum absolute atomic E-state index is 11.7. The van der Waals surface area contributed by atoms with E-state index < -0.39 is 0 Å². The summed E-state index contributed by atoms with van der Waals surface area (Å²) in [6, 6.07) is 7.44. The molecule has 0 aliphatic rings. The fraction of sp³-hybridized carbons (Fsp3) is 0.154. The lowest BCUT2D eigenvalue weighted by Crippen LogP contribution is -2.19. The minimum absolute atomic E-state index is 0.254. The van der Waals surface area contributed by atoms with Gasteiger partial charge in [-0.05, 0) is 38.1 Å². The number of rotatable bonds is 3. The van der Waals surface area contributed by atoms with E-state index in [1.165, 1.54) is 11.1 Å². The Bertz CT molecular complexity index is 575. The summed E-state index contributed by atoms with van der Waals surface area (Å²) < 4.78 is 0. The summed E-state index contributed by atoms with van der Waals surface area (Å²) in [5.41, 5.74) is 3.82. The largest absolute Gasteiger partial charge is 0.272 e. The lowest BCUT2D eigenvalue weighted by Gasteiger charge is -2.00. The highest BCUT2D eigenvalue weighted by Crippen LogP contribution is 2.15. The fourth-order valence-corrected chi connectivity index (χ4v) is 2.19. The van der Waals surface area contributed by atoms with Crippen LogP contribution in [0.3, 0.4) is 0 Å². The molecule has 4 nitrogen and oxygen atoms in total. The van der Waals surface area contributed by atoms with Gasteiger partial charge in [-0.1, -0.05) is 0 Å². The molecule has 1 N–H and O–H groups in total. The molecule has 0 spiro atoms. The zero-order valence-electron chi connectivity index (χ0n) is 10.2. The monoisotopic (exact) mass is 259 g/mol. The van der Waals surface area contributed by atoms with Crippen molar-refractivity contribution in [1.29, 1.82) is 0 Å². The lowest BCUT2D eigenvalue weighted by molar-refractivity contribution is 0.0954. The summed E-state index contributed by atoms with van der Waals surface area (Å²) in [5, 5.41) is 4.08. The molecule has 2 aromatic heterocycles. The van der Waals surface area contributed by atoms with Crippen LogP contribution >= 0.6 is 11.3 Å². The molecule has 2 aromatic rings. The van der Waals surface area contributed by atoms with Gasteiger partial charge in [-0.3, -0.25) is 9.78 Å². The Balaban J connectivity index is 2.05. The second-order valence-corrected chi connectivity index (χ2v) is 5.08. The zero-order valence-corrected chi connectivity index (χ0v) is 11.0. The van der Waals surface area contributed by atoms with E-state index in [9.17, 15) is 4.79 Å². The van der Waals surface area contributed by atoms with E-state index in [0.29, 0.717) is 5.56 Å². The van der Waals surface area contributed by atoms with Gasteiger partial charge in [-0.25, -0.2) is 5.43 Å². The van der Waals surface area contributed by atoms with Gasteiger partial charge in [0.15, 0.2) is 0 Å². The van der Waals surface area contributed by atoms with E-state index in [1.54, 1.807) is 29.7 Å². The summed E-state index contributed by atoms with van der Waals surface area (Å²) >= 11 is 1.65. The summed E-state index contributed by atoms with van der Waals surface area (Å²) in [7, 11) is 0. The van der Waals surface area contributed by atoms with Gasteiger partial charge in [-0.15, -0.1) is 11.3 Å². The van der Waals surface area contributed by atoms with E-state index in [0.717, 1.165) is 10.6 Å². The Morgan fingerprint density at radius 1 is 1.39 bits per heavy atom. The normalized spacial score (nSPS) is 11.3. The number of nitrogens with one attached hydrogen (secondary N) is 1. The van der Waals surface area contributed by atoms with Gasteiger partial charge < -0.3 is 0 Å². The molecule has 1 amide bonds. The van der Waals surface area contributed by atoms with E-state index in [4.69, 9.17) is 0 Å². The van der Waals surface area contributed by atoms with Crippen LogP contribution in [0, 0.1) is 6.92 Å². The molecule has 0 aromatic carbocycles. The van der Waals surface area contributed by atoms with Gasteiger partial charge in [0.2, 0.25) is 0 Å². The van der Waals surface area contributed by atoms with Crippen LogP contribution in [0.4, 0.5) is 0 Å². The van der Waals surface area contributed by atoms with Crippen LogP contribution in [0.5, 0.6) is 0 Å². The van der Waals surface area contributed by atoms with E-state index in [-0.39, 0.29) is 5.91 Å². The fourth-order valence-electron chi connectivity index (χ4n) is 1.38. The highest BCUT2D eigenvalue weighted by molar-refractivity contribution is 7.14. The molecule has 0 saturated heterocycles. The maximum Gasteiger partial charge on any atom is 0.272 e. The first-order chi connectivity index (χ1) is 8.66. The second kappa shape index (κ2) is 5.55. The quantitative estimate of drug-likeness (QED) is 0.680. The Morgan fingerprint density at radius 3 is 2.83 bits per heavy atom.